The average molecular weight is 366 g/mol. The number of hydrogen-bond acceptors (Lipinski definition) is 6. The quantitative estimate of drug-likeness (QED) is 0.654. The Balaban J connectivity index is 0.00000109. The number of H-pyrrole nitrogens is 1. The van der Waals surface area contributed by atoms with Crippen LogP contribution in [-0.2, 0) is 6.54 Å². The Morgan fingerprint density at radius 2 is 2.16 bits per heavy atom. The minimum atomic E-state index is -0.228. The SMILES string of the molecule is CC.CCCCSCC1CN(Cc2c[nH]c3c(N)ncnc23)CC1O. The van der Waals surface area contributed by atoms with Crippen LogP contribution in [0.2, 0.25) is 0 Å². The van der Waals surface area contributed by atoms with E-state index in [1.54, 1.807) is 0 Å². The van der Waals surface area contributed by atoms with Gasteiger partial charge in [0.15, 0.2) is 5.82 Å². The van der Waals surface area contributed by atoms with Crippen molar-refractivity contribution in [1.82, 2.24) is 19.9 Å². The van der Waals surface area contributed by atoms with Gasteiger partial charge in [-0.1, -0.05) is 27.2 Å². The molecule has 1 fully saturated rings. The highest BCUT2D eigenvalue weighted by atomic mass is 32.2. The zero-order chi connectivity index (χ0) is 18.2. The van der Waals surface area contributed by atoms with Crippen molar-refractivity contribution in [2.75, 3.05) is 30.3 Å². The summed E-state index contributed by atoms with van der Waals surface area (Å²) in [5.41, 5.74) is 8.66. The van der Waals surface area contributed by atoms with Crippen LogP contribution in [-0.4, -0.2) is 55.7 Å². The number of fused-ring (bicyclic) bond motifs is 1. The molecule has 1 aliphatic heterocycles. The lowest BCUT2D eigenvalue weighted by molar-refractivity contribution is 0.149. The summed E-state index contributed by atoms with van der Waals surface area (Å²) in [6.07, 6.45) is 5.71. The van der Waals surface area contributed by atoms with Crippen LogP contribution in [0.4, 0.5) is 5.82 Å². The lowest BCUT2D eigenvalue weighted by Crippen LogP contribution is -2.21. The third kappa shape index (κ3) is 5.09. The highest BCUT2D eigenvalue weighted by molar-refractivity contribution is 7.99. The summed E-state index contributed by atoms with van der Waals surface area (Å²) in [4.78, 5) is 13.8. The number of aromatic nitrogens is 3. The maximum atomic E-state index is 10.3. The minimum absolute atomic E-state index is 0.228. The molecule has 2 aromatic rings. The van der Waals surface area contributed by atoms with Crippen molar-refractivity contribution < 1.29 is 5.11 Å². The van der Waals surface area contributed by atoms with E-state index in [0.717, 1.165) is 42.0 Å². The molecule has 6 nitrogen and oxygen atoms in total. The first kappa shape index (κ1) is 20.0. The Labute approximate surface area is 154 Å². The van der Waals surface area contributed by atoms with E-state index in [1.165, 1.54) is 24.9 Å². The first-order chi connectivity index (χ1) is 12.2. The van der Waals surface area contributed by atoms with Crippen molar-refractivity contribution in [3.8, 4) is 0 Å². The molecular weight excluding hydrogens is 334 g/mol. The Morgan fingerprint density at radius 3 is 2.92 bits per heavy atom. The monoisotopic (exact) mass is 365 g/mol. The number of aliphatic hydroxyl groups is 1. The molecule has 0 aromatic carbocycles. The van der Waals surface area contributed by atoms with E-state index >= 15 is 0 Å². The number of nitrogen functional groups attached to an aromatic ring is 1. The summed E-state index contributed by atoms with van der Waals surface area (Å²) in [5, 5.41) is 10.3. The average Bonchev–Trinajstić information content (AvgIpc) is 3.19. The van der Waals surface area contributed by atoms with Gasteiger partial charge in [0.2, 0.25) is 0 Å². The number of nitrogens with two attached hydrogens (primary N) is 1. The third-order valence-electron chi connectivity index (χ3n) is 4.42. The van der Waals surface area contributed by atoms with Crippen LogP contribution < -0.4 is 5.73 Å². The highest BCUT2D eigenvalue weighted by Crippen LogP contribution is 2.26. The Bertz CT molecular complexity index is 647. The van der Waals surface area contributed by atoms with E-state index in [1.807, 2.05) is 31.8 Å². The summed E-state index contributed by atoms with van der Waals surface area (Å²) in [7, 11) is 0. The number of rotatable bonds is 7. The van der Waals surface area contributed by atoms with Gasteiger partial charge in [-0.25, -0.2) is 9.97 Å². The molecule has 7 heteroatoms. The fraction of sp³-hybridized carbons (Fsp3) is 0.667. The van der Waals surface area contributed by atoms with Gasteiger partial charge in [-0.05, 0) is 17.9 Å². The molecule has 2 aromatic heterocycles. The van der Waals surface area contributed by atoms with Gasteiger partial charge in [0.05, 0.1) is 11.6 Å². The summed E-state index contributed by atoms with van der Waals surface area (Å²) in [6.45, 7) is 8.66. The topological polar surface area (TPSA) is 91.1 Å². The highest BCUT2D eigenvalue weighted by Gasteiger charge is 2.31. The van der Waals surface area contributed by atoms with Crippen LogP contribution in [0.5, 0.6) is 0 Å². The van der Waals surface area contributed by atoms with Gasteiger partial charge in [0.1, 0.15) is 11.8 Å². The number of aromatic amines is 1. The first-order valence-corrected chi connectivity index (χ1v) is 10.4. The lowest BCUT2D eigenvalue weighted by atomic mass is 10.1. The second kappa shape index (κ2) is 9.99. The predicted octanol–water partition coefficient (Wildman–Crippen LogP) is 2.89. The molecule has 0 spiro atoms. The molecular formula is C18H31N5OS. The van der Waals surface area contributed by atoms with Gasteiger partial charge in [0.25, 0.3) is 0 Å². The van der Waals surface area contributed by atoms with Gasteiger partial charge < -0.3 is 15.8 Å². The van der Waals surface area contributed by atoms with Crippen molar-refractivity contribution >= 4 is 28.6 Å². The largest absolute Gasteiger partial charge is 0.391 e. The molecule has 0 aliphatic carbocycles. The Morgan fingerprint density at radius 1 is 1.36 bits per heavy atom. The molecule has 2 atom stereocenters. The van der Waals surface area contributed by atoms with Crippen molar-refractivity contribution in [3.05, 3.63) is 18.1 Å². The van der Waals surface area contributed by atoms with Crippen molar-refractivity contribution in [2.24, 2.45) is 5.92 Å². The zero-order valence-electron chi connectivity index (χ0n) is 15.5. The second-order valence-electron chi connectivity index (χ2n) is 6.25. The smallest absolute Gasteiger partial charge is 0.151 e. The fourth-order valence-electron chi connectivity index (χ4n) is 3.09. The number of β-amino-alcohol motifs (C(OH)–C–C–N with tert-alkyl or cyclic N) is 1. The number of aliphatic hydroxyl groups excluding tert-OH is 1. The zero-order valence-corrected chi connectivity index (χ0v) is 16.4. The van der Waals surface area contributed by atoms with E-state index < -0.39 is 0 Å². The second-order valence-corrected chi connectivity index (χ2v) is 7.40. The standard InChI is InChI=1S/C16H25N5OS.C2H6/c1-2-3-4-23-9-12-7-21(8-13(12)22)6-11-5-18-15-14(11)19-10-20-16(15)17;1-2/h5,10,12-13,18,22H,2-4,6-9H2,1H3,(H2,17,19,20);1-2H3. The normalized spacial score (nSPS) is 20.6. The summed E-state index contributed by atoms with van der Waals surface area (Å²) < 4.78 is 0. The van der Waals surface area contributed by atoms with Gasteiger partial charge >= 0.3 is 0 Å². The molecule has 2 unspecified atom stereocenters. The molecule has 0 radical (unpaired) electrons. The van der Waals surface area contributed by atoms with Gasteiger partial charge in [-0.3, -0.25) is 4.90 Å². The first-order valence-electron chi connectivity index (χ1n) is 9.23. The number of nitrogens with one attached hydrogen (secondary N) is 1. The van der Waals surface area contributed by atoms with Crippen LogP contribution in [0.3, 0.4) is 0 Å². The van der Waals surface area contributed by atoms with Crippen LogP contribution in [0.25, 0.3) is 11.0 Å². The number of hydrogen-bond donors (Lipinski definition) is 3. The number of anilines is 1. The Kier molecular flexibility index (Phi) is 7.99. The van der Waals surface area contributed by atoms with Crippen molar-refractivity contribution in [1.29, 1.82) is 0 Å². The van der Waals surface area contributed by atoms with Gasteiger partial charge in [0, 0.05) is 37.3 Å². The summed E-state index contributed by atoms with van der Waals surface area (Å²) in [5.74, 6) is 3.08. The molecule has 4 N–H and O–H groups in total. The maximum absolute atomic E-state index is 10.3. The van der Waals surface area contributed by atoms with Gasteiger partial charge in [-0.15, -0.1) is 0 Å². The number of nitrogens with zero attached hydrogens (tertiary/aromatic N) is 3. The number of unbranched alkanes of at least 4 members (excludes halogenated alkanes) is 1. The van der Waals surface area contributed by atoms with Crippen LogP contribution >= 0.6 is 11.8 Å². The van der Waals surface area contributed by atoms with E-state index in [-0.39, 0.29) is 6.10 Å². The number of thioether (sulfide) groups is 1. The molecule has 0 bridgehead atoms. The molecule has 0 amide bonds. The minimum Gasteiger partial charge on any atom is -0.391 e. The number of likely N-dealkylation sites (tertiary alicyclic amines) is 1. The van der Waals surface area contributed by atoms with Crippen LogP contribution in [0.1, 0.15) is 39.2 Å². The van der Waals surface area contributed by atoms with Crippen LogP contribution in [0, 0.1) is 5.92 Å². The molecule has 3 rings (SSSR count). The molecule has 0 saturated carbocycles. The summed E-state index contributed by atoms with van der Waals surface area (Å²) in [6, 6.07) is 0. The van der Waals surface area contributed by atoms with E-state index in [2.05, 4.69) is 26.8 Å². The lowest BCUT2D eigenvalue weighted by Gasteiger charge is -2.14. The molecule has 3 heterocycles. The molecule has 1 saturated heterocycles. The van der Waals surface area contributed by atoms with E-state index in [4.69, 9.17) is 5.73 Å². The third-order valence-corrected chi connectivity index (χ3v) is 5.66. The molecule has 140 valence electrons. The fourth-order valence-corrected chi connectivity index (χ4v) is 4.38. The predicted molar refractivity (Wildman–Crippen MR) is 107 cm³/mol. The van der Waals surface area contributed by atoms with Crippen molar-refractivity contribution in [3.63, 3.8) is 0 Å². The van der Waals surface area contributed by atoms with E-state index in [9.17, 15) is 5.11 Å². The van der Waals surface area contributed by atoms with Crippen LogP contribution in [0.15, 0.2) is 12.5 Å². The van der Waals surface area contributed by atoms with Gasteiger partial charge in [-0.2, -0.15) is 11.8 Å². The summed E-state index contributed by atoms with van der Waals surface area (Å²) >= 11 is 1.96. The molecule has 1 aliphatic rings. The maximum Gasteiger partial charge on any atom is 0.151 e. The Hall–Kier alpha value is -1.31. The van der Waals surface area contributed by atoms with Crippen molar-refractivity contribution in [2.45, 2.75) is 46.3 Å². The molecule has 25 heavy (non-hydrogen) atoms. The van der Waals surface area contributed by atoms with E-state index in [0.29, 0.717) is 11.7 Å².